The van der Waals surface area contributed by atoms with Crippen molar-refractivity contribution in [2.24, 2.45) is 0 Å². The van der Waals surface area contributed by atoms with Gasteiger partial charge in [0.2, 0.25) is 10.0 Å². The molecule has 0 unspecified atom stereocenters. The van der Waals surface area contributed by atoms with Crippen molar-refractivity contribution in [2.75, 3.05) is 19.0 Å². The van der Waals surface area contributed by atoms with Gasteiger partial charge in [-0.1, -0.05) is 24.3 Å². The first-order valence-corrected chi connectivity index (χ1v) is 8.92. The Hall–Kier alpha value is -2.51. The Bertz CT molecular complexity index is 966. The average molecular weight is 342 g/mol. The van der Waals surface area contributed by atoms with Crippen molar-refractivity contribution in [1.82, 2.24) is 14.7 Å². The third-order valence-corrected chi connectivity index (χ3v) is 5.06. The van der Waals surface area contributed by atoms with E-state index in [9.17, 15) is 8.42 Å². The van der Waals surface area contributed by atoms with E-state index in [2.05, 4.69) is 14.7 Å². The molecule has 124 valence electrons. The summed E-state index contributed by atoms with van der Waals surface area (Å²) in [6.07, 6.45) is 3.27. The first-order valence-electron chi connectivity index (χ1n) is 7.44. The van der Waals surface area contributed by atoms with E-state index < -0.39 is 10.0 Å². The van der Waals surface area contributed by atoms with E-state index in [4.69, 9.17) is 0 Å². The highest BCUT2D eigenvalue weighted by atomic mass is 32.2. The van der Waals surface area contributed by atoms with Crippen LogP contribution in [0.2, 0.25) is 0 Å². The zero-order valence-corrected chi connectivity index (χ0v) is 14.3. The van der Waals surface area contributed by atoms with Crippen molar-refractivity contribution in [2.45, 2.75) is 11.4 Å². The lowest BCUT2D eigenvalue weighted by Gasteiger charge is -2.16. The van der Waals surface area contributed by atoms with E-state index in [-0.39, 0.29) is 11.4 Å². The summed E-state index contributed by atoms with van der Waals surface area (Å²) < 4.78 is 28.1. The Balaban J connectivity index is 1.92. The molecule has 6 nitrogen and oxygen atoms in total. The SMILES string of the molecule is CN(C)c1ncccc1CNS(=O)(=O)c1cccc2cccnc12. The maximum absolute atomic E-state index is 12.7. The number of fused-ring (bicyclic) bond motifs is 1. The van der Waals surface area contributed by atoms with Gasteiger partial charge in [-0.3, -0.25) is 4.98 Å². The van der Waals surface area contributed by atoms with Crippen molar-refractivity contribution >= 4 is 26.7 Å². The third kappa shape index (κ3) is 3.22. The second-order valence-electron chi connectivity index (χ2n) is 5.54. The standard InChI is InChI=1S/C17H18N4O2S/c1-21(2)17-14(8-5-11-19-17)12-20-24(22,23)15-9-3-6-13-7-4-10-18-16(13)15/h3-11,20H,12H2,1-2H3. The second-order valence-corrected chi connectivity index (χ2v) is 7.27. The molecule has 0 aliphatic rings. The molecule has 0 amide bonds. The van der Waals surface area contributed by atoms with Crippen LogP contribution in [0.25, 0.3) is 10.9 Å². The molecule has 0 saturated heterocycles. The van der Waals surface area contributed by atoms with Crippen molar-refractivity contribution < 1.29 is 8.42 Å². The topological polar surface area (TPSA) is 75.2 Å². The highest BCUT2D eigenvalue weighted by molar-refractivity contribution is 7.89. The van der Waals surface area contributed by atoms with Gasteiger partial charge in [-0.15, -0.1) is 0 Å². The van der Waals surface area contributed by atoms with Crippen LogP contribution in [-0.2, 0) is 16.6 Å². The molecule has 3 aromatic rings. The van der Waals surface area contributed by atoms with E-state index in [1.807, 2.05) is 37.2 Å². The van der Waals surface area contributed by atoms with E-state index in [1.165, 1.54) is 0 Å². The number of hydrogen-bond acceptors (Lipinski definition) is 5. The predicted molar refractivity (Wildman–Crippen MR) is 94.3 cm³/mol. The number of sulfonamides is 1. The van der Waals surface area contributed by atoms with Gasteiger partial charge in [-0.25, -0.2) is 18.1 Å². The fourth-order valence-electron chi connectivity index (χ4n) is 2.51. The maximum Gasteiger partial charge on any atom is 0.243 e. The van der Waals surface area contributed by atoms with E-state index >= 15 is 0 Å². The van der Waals surface area contributed by atoms with Crippen molar-refractivity contribution in [3.8, 4) is 0 Å². The van der Waals surface area contributed by atoms with Crippen LogP contribution in [0.1, 0.15) is 5.56 Å². The van der Waals surface area contributed by atoms with Crippen LogP contribution >= 0.6 is 0 Å². The van der Waals surface area contributed by atoms with Crippen molar-refractivity contribution in [3.05, 3.63) is 60.4 Å². The Labute approximate surface area is 141 Å². The molecule has 0 aliphatic carbocycles. The number of nitrogens with zero attached hydrogens (tertiary/aromatic N) is 3. The van der Waals surface area contributed by atoms with E-state index in [1.54, 1.807) is 36.7 Å². The molecule has 2 aromatic heterocycles. The molecule has 0 saturated carbocycles. The molecular weight excluding hydrogens is 324 g/mol. The summed E-state index contributed by atoms with van der Waals surface area (Å²) in [5, 5.41) is 0.788. The molecule has 2 heterocycles. The summed E-state index contributed by atoms with van der Waals surface area (Å²) in [6, 6.07) is 12.4. The summed E-state index contributed by atoms with van der Waals surface area (Å²) in [5.41, 5.74) is 1.27. The number of benzene rings is 1. The molecule has 0 aliphatic heterocycles. The fraction of sp³-hybridized carbons (Fsp3) is 0.176. The molecule has 7 heteroatoms. The number of aromatic nitrogens is 2. The van der Waals surface area contributed by atoms with Crippen molar-refractivity contribution in [3.63, 3.8) is 0 Å². The normalized spacial score (nSPS) is 11.6. The van der Waals surface area contributed by atoms with Gasteiger partial charge in [0.1, 0.15) is 10.7 Å². The van der Waals surface area contributed by atoms with Gasteiger partial charge >= 0.3 is 0 Å². The van der Waals surface area contributed by atoms with Crippen molar-refractivity contribution in [1.29, 1.82) is 0 Å². The molecule has 1 N–H and O–H groups in total. The molecule has 1 aromatic carbocycles. The van der Waals surface area contributed by atoms with Crippen LogP contribution in [0.15, 0.2) is 59.8 Å². The van der Waals surface area contributed by atoms with Crippen LogP contribution in [0.3, 0.4) is 0 Å². The highest BCUT2D eigenvalue weighted by Crippen LogP contribution is 2.21. The van der Waals surface area contributed by atoms with Gasteiger partial charge in [0.15, 0.2) is 0 Å². The summed E-state index contributed by atoms with van der Waals surface area (Å²) in [5.74, 6) is 0.733. The number of anilines is 1. The minimum Gasteiger partial charge on any atom is -0.362 e. The van der Waals surface area contributed by atoms with Gasteiger partial charge in [0.05, 0.1) is 5.52 Å². The Morgan fingerprint density at radius 2 is 1.71 bits per heavy atom. The highest BCUT2D eigenvalue weighted by Gasteiger charge is 2.18. The van der Waals surface area contributed by atoms with Crippen LogP contribution in [0.5, 0.6) is 0 Å². The summed E-state index contributed by atoms with van der Waals surface area (Å²) in [7, 11) is 0.0537. The van der Waals surface area contributed by atoms with Crippen LogP contribution < -0.4 is 9.62 Å². The number of pyridine rings is 2. The first kappa shape index (κ1) is 16.4. The smallest absolute Gasteiger partial charge is 0.243 e. The van der Waals surface area contributed by atoms with Gasteiger partial charge < -0.3 is 4.90 Å². The van der Waals surface area contributed by atoms with Gasteiger partial charge in [0.25, 0.3) is 0 Å². The number of para-hydroxylation sites is 1. The second kappa shape index (κ2) is 6.54. The average Bonchev–Trinajstić information content (AvgIpc) is 2.59. The lowest BCUT2D eigenvalue weighted by molar-refractivity contribution is 0.582. The van der Waals surface area contributed by atoms with E-state index in [0.29, 0.717) is 5.52 Å². The molecular formula is C17H18N4O2S. The molecule has 0 bridgehead atoms. The van der Waals surface area contributed by atoms with Gasteiger partial charge in [-0.2, -0.15) is 0 Å². The fourth-order valence-corrected chi connectivity index (χ4v) is 3.70. The van der Waals surface area contributed by atoms with E-state index in [0.717, 1.165) is 16.8 Å². The Morgan fingerprint density at radius 3 is 2.50 bits per heavy atom. The zero-order valence-electron chi connectivity index (χ0n) is 13.5. The van der Waals surface area contributed by atoms with Crippen LogP contribution in [0.4, 0.5) is 5.82 Å². The number of rotatable bonds is 5. The molecule has 0 fully saturated rings. The summed E-state index contributed by atoms with van der Waals surface area (Å²) in [4.78, 5) is 10.5. The third-order valence-electron chi connectivity index (χ3n) is 3.63. The molecule has 0 radical (unpaired) electrons. The zero-order chi connectivity index (χ0) is 17.2. The minimum absolute atomic E-state index is 0.160. The van der Waals surface area contributed by atoms with Crippen LogP contribution in [0, 0.1) is 0 Å². The first-order chi connectivity index (χ1) is 11.5. The van der Waals surface area contributed by atoms with Gasteiger partial charge in [-0.05, 0) is 18.2 Å². The minimum atomic E-state index is -3.69. The maximum atomic E-state index is 12.7. The molecule has 0 atom stereocenters. The summed E-state index contributed by atoms with van der Waals surface area (Å²) in [6.45, 7) is 0.160. The number of nitrogens with one attached hydrogen (secondary N) is 1. The quantitative estimate of drug-likeness (QED) is 0.769. The van der Waals surface area contributed by atoms with Crippen LogP contribution in [-0.4, -0.2) is 32.5 Å². The Kier molecular flexibility index (Phi) is 4.46. The van der Waals surface area contributed by atoms with Gasteiger partial charge in [0, 0.05) is 44.0 Å². The molecule has 3 rings (SSSR count). The monoisotopic (exact) mass is 342 g/mol. The molecule has 0 spiro atoms. The Morgan fingerprint density at radius 1 is 1.00 bits per heavy atom. The predicted octanol–water partition coefficient (Wildman–Crippen LogP) is 2.17. The molecule has 24 heavy (non-hydrogen) atoms. The number of hydrogen-bond donors (Lipinski definition) is 1. The summed E-state index contributed by atoms with van der Waals surface area (Å²) >= 11 is 0. The lowest BCUT2D eigenvalue weighted by atomic mass is 10.2. The largest absolute Gasteiger partial charge is 0.362 e. The lowest BCUT2D eigenvalue weighted by Crippen LogP contribution is -2.25.